The van der Waals surface area contributed by atoms with Crippen molar-refractivity contribution >= 4 is 5.82 Å². The highest BCUT2D eigenvalue weighted by molar-refractivity contribution is 5.56. The molecular formula is C18H24N4. The zero-order valence-electron chi connectivity index (χ0n) is 13.5. The third kappa shape index (κ3) is 3.43. The highest BCUT2D eigenvalue weighted by Gasteiger charge is 2.16. The van der Waals surface area contributed by atoms with Crippen LogP contribution in [0.15, 0.2) is 24.4 Å². The highest BCUT2D eigenvalue weighted by atomic mass is 15.1. The maximum atomic E-state index is 4.74. The van der Waals surface area contributed by atoms with Gasteiger partial charge in [-0.2, -0.15) is 0 Å². The zero-order chi connectivity index (χ0) is 15.4. The van der Waals surface area contributed by atoms with Crippen LogP contribution in [0, 0.1) is 13.8 Å². The van der Waals surface area contributed by atoms with E-state index in [1.165, 1.54) is 38.5 Å². The van der Waals surface area contributed by atoms with Crippen molar-refractivity contribution in [1.82, 2.24) is 15.0 Å². The second kappa shape index (κ2) is 6.86. The normalized spacial score (nSPS) is 16.3. The van der Waals surface area contributed by atoms with Gasteiger partial charge in [0.1, 0.15) is 11.5 Å². The molecular weight excluding hydrogens is 272 g/mol. The first kappa shape index (κ1) is 14.9. The van der Waals surface area contributed by atoms with E-state index in [9.17, 15) is 0 Å². The van der Waals surface area contributed by atoms with Crippen LogP contribution in [0.5, 0.6) is 0 Å². The average Bonchev–Trinajstić information content (AvgIpc) is 2.81. The second-order valence-corrected chi connectivity index (χ2v) is 6.15. The smallest absolute Gasteiger partial charge is 0.180 e. The van der Waals surface area contributed by atoms with Gasteiger partial charge in [-0.25, -0.2) is 9.97 Å². The Morgan fingerprint density at radius 1 is 1.00 bits per heavy atom. The fraction of sp³-hybridized carbons (Fsp3) is 0.500. The van der Waals surface area contributed by atoms with Crippen LogP contribution in [-0.4, -0.2) is 21.0 Å². The van der Waals surface area contributed by atoms with Crippen LogP contribution in [0.4, 0.5) is 5.82 Å². The Kier molecular flexibility index (Phi) is 4.66. The maximum absolute atomic E-state index is 4.74. The molecule has 4 nitrogen and oxygen atoms in total. The second-order valence-electron chi connectivity index (χ2n) is 6.15. The van der Waals surface area contributed by atoms with Crippen LogP contribution in [0.3, 0.4) is 0 Å². The number of nitrogens with zero attached hydrogens (tertiary/aromatic N) is 3. The Labute approximate surface area is 132 Å². The zero-order valence-corrected chi connectivity index (χ0v) is 13.5. The molecule has 1 aliphatic rings. The Balaban J connectivity index is 1.88. The molecule has 0 radical (unpaired) electrons. The molecule has 0 unspecified atom stereocenters. The summed E-state index contributed by atoms with van der Waals surface area (Å²) in [5, 5.41) is 3.66. The van der Waals surface area contributed by atoms with E-state index in [-0.39, 0.29) is 0 Å². The predicted octanol–water partition coefficient (Wildman–Crippen LogP) is 4.29. The molecule has 0 saturated heterocycles. The lowest BCUT2D eigenvalue weighted by molar-refractivity contribution is 0.617. The molecule has 0 bridgehead atoms. The topological polar surface area (TPSA) is 50.7 Å². The molecule has 0 amide bonds. The molecule has 116 valence electrons. The summed E-state index contributed by atoms with van der Waals surface area (Å²) in [6, 6.07) is 6.38. The van der Waals surface area contributed by atoms with Crippen LogP contribution in [-0.2, 0) is 0 Å². The van der Waals surface area contributed by atoms with Gasteiger partial charge in [0.25, 0.3) is 0 Å². The number of aryl methyl sites for hydroxylation is 1. The lowest BCUT2D eigenvalue weighted by Crippen LogP contribution is -2.20. The summed E-state index contributed by atoms with van der Waals surface area (Å²) in [5.74, 6) is 1.68. The minimum absolute atomic E-state index is 0.534. The number of aromatic nitrogens is 3. The molecule has 2 heterocycles. The van der Waals surface area contributed by atoms with Gasteiger partial charge in [0.15, 0.2) is 5.82 Å². The first-order valence-electron chi connectivity index (χ1n) is 8.27. The fourth-order valence-corrected chi connectivity index (χ4v) is 3.00. The van der Waals surface area contributed by atoms with Crippen molar-refractivity contribution in [3.05, 3.63) is 35.7 Å². The van der Waals surface area contributed by atoms with Crippen LogP contribution in [0.1, 0.15) is 49.8 Å². The molecule has 1 N–H and O–H groups in total. The Bertz CT molecular complexity index is 616. The minimum atomic E-state index is 0.534. The van der Waals surface area contributed by atoms with Gasteiger partial charge in [-0.15, -0.1) is 0 Å². The number of pyridine rings is 1. The molecule has 22 heavy (non-hydrogen) atoms. The molecule has 0 aliphatic heterocycles. The summed E-state index contributed by atoms with van der Waals surface area (Å²) in [5.41, 5.74) is 2.99. The Hall–Kier alpha value is -1.97. The van der Waals surface area contributed by atoms with Crippen LogP contribution in [0.2, 0.25) is 0 Å². The van der Waals surface area contributed by atoms with Crippen molar-refractivity contribution in [2.45, 2.75) is 58.4 Å². The number of hydrogen-bond acceptors (Lipinski definition) is 4. The summed E-state index contributed by atoms with van der Waals surface area (Å²) in [7, 11) is 0. The van der Waals surface area contributed by atoms with E-state index in [0.29, 0.717) is 11.9 Å². The molecule has 4 heteroatoms. The quantitative estimate of drug-likeness (QED) is 0.858. The van der Waals surface area contributed by atoms with Gasteiger partial charge in [-0.1, -0.05) is 31.7 Å². The van der Waals surface area contributed by atoms with Gasteiger partial charge >= 0.3 is 0 Å². The van der Waals surface area contributed by atoms with Crippen molar-refractivity contribution in [1.29, 1.82) is 0 Å². The van der Waals surface area contributed by atoms with Crippen molar-refractivity contribution in [3.8, 4) is 11.5 Å². The third-order valence-electron chi connectivity index (χ3n) is 4.48. The molecule has 2 aromatic rings. The molecule has 1 fully saturated rings. The number of anilines is 1. The third-order valence-corrected chi connectivity index (χ3v) is 4.48. The van der Waals surface area contributed by atoms with E-state index in [1.54, 1.807) is 6.20 Å². The van der Waals surface area contributed by atoms with Gasteiger partial charge in [0.05, 0.1) is 0 Å². The van der Waals surface area contributed by atoms with E-state index in [1.807, 2.05) is 25.1 Å². The van der Waals surface area contributed by atoms with Gasteiger partial charge in [-0.05, 0) is 38.8 Å². The molecule has 0 spiro atoms. The van der Waals surface area contributed by atoms with Crippen molar-refractivity contribution in [3.63, 3.8) is 0 Å². The molecule has 1 aliphatic carbocycles. The number of hydrogen-bond donors (Lipinski definition) is 1. The monoisotopic (exact) mass is 296 g/mol. The first-order chi connectivity index (χ1) is 10.7. The summed E-state index contributed by atoms with van der Waals surface area (Å²) >= 11 is 0. The van der Waals surface area contributed by atoms with E-state index < -0.39 is 0 Å². The maximum Gasteiger partial charge on any atom is 0.180 e. The van der Waals surface area contributed by atoms with E-state index in [2.05, 4.69) is 22.2 Å². The van der Waals surface area contributed by atoms with E-state index in [4.69, 9.17) is 4.98 Å². The first-order valence-corrected chi connectivity index (χ1v) is 8.27. The molecule has 3 rings (SSSR count). The number of rotatable bonds is 3. The van der Waals surface area contributed by atoms with E-state index >= 15 is 0 Å². The lowest BCUT2D eigenvalue weighted by atomic mass is 10.1. The van der Waals surface area contributed by atoms with Gasteiger partial charge < -0.3 is 5.32 Å². The molecule has 0 atom stereocenters. The van der Waals surface area contributed by atoms with Gasteiger partial charge in [-0.3, -0.25) is 4.98 Å². The summed E-state index contributed by atoms with van der Waals surface area (Å²) in [4.78, 5) is 13.7. The van der Waals surface area contributed by atoms with Gasteiger partial charge in [0, 0.05) is 23.5 Å². The highest BCUT2D eigenvalue weighted by Crippen LogP contribution is 2.24. The Morgan fingerprint density at radius 3 is 2.45 bits per heavy atom. The number of nitrogens with one attached hydrogen (secondary N) is 1. The predicted molar refractivity (Wildman–Crippen MR) is 89.8 cm³/mol. The molecule has 2 aromatic heterocycles. The largest absolute Gasteiger partial charge is 0.367 e. The minimum Gasteiger partial charge on any atom is -0.367 e. The fourth-order valence-electron chi connectivity index (χ4n) is 3.00. The lowest BCUT2D eigenvalue weighted by Gasteiger charge is -2.19. The summed E-state index contributed by atoms with van der Waals surface area (Å²) < 4.78 is 0. The van der Waals surface area contributed by atoms with E-state index in [0.717, 1.165) is 22.8 Å². The Morgan fingerprint density at radius 2 is 1.77 bits per heavy atom. The SMILES string of the molecule is Cc1nc(-c2ccccn2)nc(NC2CCCCCC2)c1C. The van der Waals surface area contributed by atoms with Crippen LogP contribution < -0.4 is 5.32 Å². The van der Waals surface area contributed by atoms with Crippen molar-refractivity contribution < 1.29 is 0 Å². The molecule has 0 aromatic carbocycles. The van der Waals surface area contributed by atoms with Crippen LogP contribution in [0.25, 0.3) is 11.5 Å². The summed E-state index contributed by atoms with van der Waals surface area (Å²) in [6.45, 7) is 4.14. The van der Waals surface area contributed by atoms with Gasteiger partial charge in [0.2, 0.25) is 0 Å². The molecule has 1 saturated carbocycles. The van der Waals surface area contributed by atoms with Crippen molar-refractivity contribution in [2.75, 3.05) is 5.32 Å². The van der Waals surface area contributed by atoms with Crippen molar-refractivity contribution in [2.24, 2.45) is 0 Å². The summed E-state index contributed by atoms with van der Waals surface area (Å²) in [6.07, 6.45) is 9.61. The van der Waals surface area contributed by atoms with Crippen LogP contribution >= 0.6 is 0 Å². The average molecular weight is 296 g/mol. The standard InChI is InChI=1S/C18H24N4/c1-13-14(2)20-18(16-11-7-8-12-19-16)22-17(13)21-15-9-5-3-4-6-10-15/h7-8,11-12,15H,3-6,9-10H2,1-2H3,(H,20,21,22).